The number of amides is 1. The first-order valence-electron chi connectivity index (χ1n) is 9.51. The average molecular weight is 396 g/mol. The molecule has 0 unspecified atom stereocenters. The summed E-state index contributed by atoms with van der Waals surface area (Å²) in [5, 5.41) is 1.09. The number of fused-ring (bicyclic) bond motifs is 1. The minimum absolute atomic E-state index is 0.162. The van der Waals surface area contributed by atoms with Crippen molar-refractivity contribution in [3.8, 4) is 0 Å². The van der Waals surface area contributed by atoms with Crippen molar-refractivity contribution in [1.29, 1.82) is 0 Å². The van der Waals surface area contributed by atoms with E-state index in [1.165, 1.54) is 4.90 Å². The monoisotopic (exact) mass is 395 g/mol. The molecule has 1 aromatic carbocycles. The molecule has 0 spiro atoms. The van der Waals surface area contributed by atoms with E-state index in [1.807, 2.05) is 36.0 Å². The molecule has 0 bridgehead atoms. The van der Waals surface area contributed by atoms with Crippen molar-refractivity contribution >= 4 is 34.4 Å². The maximum atomic E-state index is 12.9. The van der Waals surface area contributed by atoms with Crippen LogP contribution in [0.1, 0.15) is 24.2 Å². The number of aromatic nitrogens is 1. The summed E-state index contributed by atoms with van der Waals surface area (Å²) in [7, 11) is 3.99. The summed E-state index contributed by atoms with van der Waals surface area (Å²) in [5.74, 6) is 2.08. The SMILES string of the molecule is CSc1ccc2cc(CN(Cc3ccco3)C(=O)C3CC3)c(N(C)C)nc2c1. The lowest BCUT2D eigenvalue weighted by atomic mass is 10.1. The van der Waals surface area contributed by atoms with Gasteiger partial charge in [0.1, 0.15) is 11.6 Å². The molecule has 0 aliphatic heterocycles. The van der Waals surface area contributed by atoms with Gasteiger partial charge in [-0.1, -0.05) is 6.07 Å². The molecule has 2 heterocycles. The molecule has 3 aromatic rings. The molecular formula is C22H25N3O2S. The van der Waals surface area contributed by atoms with E-state index in [4.69, 9.17) is 9.40 Å². The van der Waals surface area contributed by atoms with Crippen LogP contribution in [0.2, 0.25) is 0 Å². The van der Waals surface area contributed by atoms with Crippen LogP contribution in [0.5, 0.6) is 0 Å². The third-order valence-corrected chi connectivity index (χ3v) is 5.76. The van der Waals surface area contributed by atoms with Crippen LogP contribution in [0, 0.1) is 5.92 Å². The maximum absolute atomic E-state index is 12.9. The largest absolute Gasteiger partial charge is 0.467 e. The van der Waals surface area contributed by atoms with Crippen LogP contribution in [0.3, 0.4) is 0 Å². The first-order valence-corrected chi connectivity index (χ1v) is 10.7. The number of furan rings is 1. The number of carbonyl (C=O) groups excluding carboxylic acids is 1. The van der Waals surface area contributed by atoms with Gasteiger partial charge in [-0.2, -0.15) is 0 Å². The number of carbonyl (C=O) groups is 1. The molecule has 0 N–H and O–H groups in total. The van der Waals surface area contributed by atoms with Gasteiger partial charge in [0.2, 0.25) is 5.91 Å². The molecule has 1 aliphatic rings. The van der Waals surface area contributed by atoms with Crippen LogP contribution < -0.4 is 4.90 Å². The molecule has 1 saturated carbocycles. The van der Waals surface area contributed by atoms with Gasteiger partial charge in [-0.05, 0) is 49.4 Å². The zero-order valence-electron chi connectivity index (χ0n) is 16.5. The van der Waals surface area contributed by atoms with Crippen molar-refractivity contribution in [2.45, 2.75) is 30.8 Å². The van der Waals surface area contributed by atoms with Crippen LogP contribution in [0.25, 0.3) is 10.9 Å². The number of nitrogens with zero attached hydrogens (tertiary/aromatic N) is 3. The Kier molecular flexibility index (Phi) is 5.31. The summed E-state index contributed by atoms with van der Waals surface area (Å²) >= 11 is 1.71. The minimum Gasteiger partial charge on any atom is -0.467 e. The standard InChI is InChI=1S/C22H25N3O2S/c1-24(2)21-17(11-16-8-9-19(28-3)12-20(16)23-21)13-25(22(26)15-6-7-15)14-18-5-4-10-27-18/h4-5,8-12,15H,6-7,13-14H2,1-3H3. The molecule has 0 saturated heterocycles. The molecule has 2 aromatic heterocycles. The van der Waals surface area contributed by atoms with Crippen molar-refractivity contribution in [3.05, 3.63) is 54.0 Å². The number of anilines is 1. The zero-order valence-corrected chi connectivity index (χ0v) is 17.3. The molecule has 1 fully saturated rings. The summed E-state index contributed by atoms with van der Waals surface area (Å²) < 4.78 is 5.50. The summed E-state index contributed by atoms with van der Waals surface area (Å²) in [4.78, 5) is 22.9. The number of benzene rings is 1. The number of hydrogen-bond acceptors (Lipinski definition) is 5. The number of pyridine rings is 1. The maximum Gasteiger partial charge on any atom is 0.226 e. The van der Waals surface area contributed by atoms with Crippen molar-refractivity contribution in [1.82, 2.24) is 9.88 Å². The van der Waals surface area contributed by atoms with E-state index in [0.717, 1.165) is 40.9 Å². The van der Waals surface area contributed by atoms with E-state index in [-0.39, 0.29) is 11.8 Å². The van der Waals surface area contributed by atoms with Crippen LogP contribution in [0.15, 0.2) is 52.0 Å². The van der Waals surface area contributed by atoms with Gasteiger partial charge >= 0.3 is 0 Å². The quantitative estimate of drug-likeness (QED) is 0.549. The number of hydrogen-bond donors (Lipinski definition) is 0. The lowest BCUT2D eigenvalue weighted by Crippen LogP contribution is -2.32. The fourth-order valence-electron chi connectivity index (χ4n) is 3.41. The molecule has 1 aliphatic carbocycles. The first kappa shape index (κ1) is 18.9. The van der Waals surface area contributed by atoms with Gasteiger partial charge < -0.3 is 14.2 Å². The molecule has 146 valence electrons. The van der Waals surface area contributed by atoms with Crippen molar-refractivity contribution < 1.29 is 9.21 Å². The van der Waals surface area contributed by atoms with E-state index < -0.39 is 0 Å². The van der Waals surface area contributed by atoms with Crippen LogP contribution in [-0.2, 0) is 17.9 Å². The molecule has 1 amide bonds. The van der Waals surface area contributed by atoms with Gasteiger partial charge in [-0.3, -0.25) is 4.79 Å². The summed E-state index contributed by atoms with van der Waals surface area (Å²) in [6, 6.07) is 12.3. The molecule has 5 nitrogen and oxygen atoms in total. The highest BCUT2D eigenvalue weighted by atomic mass is 32.2. The van der Waals surface area contributed by atoms with Gasteiger partial charge in [-0.15, -0.1) is 11.8 Å². The van der Waals surface area contributed by atoms with Crippen molar-refractivity contribution in [2.75, 3.05) is 25.3 Å². The van der Waals surface area contributed by atoms with Crippen molar-refractivity contribution in [3.63, 3.8) is 0 Å². The average Bonchev–Trinajstić information content (AvgIpc) is 3.42. The lowest BCUT2D eigenvalue weighted by Gasteiger charge is -2.25. The van der Waals surface area contributed by atoms with Crippen LogP contribution >= 0.6 is 11.8 Å². The fraction of sp³-hybridized carbons (Fsp3) is 0.364. The van der Waals surface area contributed by atoms with Gasteiger partial charge in [-0.25, -0.2) is 4.98 Å². The predicted octanol–water partition coefficient (Wildman–Crippen LogP) is 4.55. The van der Waals surface area contributed by atoms with Gasteiger partial charge in [0, 0.05) is 42.4 Å². The highest BCUT2D eigenvalue weighted by Crippen LogP contribution is 2.33. The smallest absolute Gasteiger partial charge is 0.226 e. The fourth-order valence-corrected chi connectivity index (χ4v) is 3.84. The van der Waals surface area contributed by atoms with E-state index in [0.29, 0.717) is 13.1 Å². The highest BCUT2D eigenvalue weighted by molar-refractivity contribution is 7.98. The van der Waals surface area contributed by atoms with E-state index in [9.17, 15) is 4.79 Å². The molecule has 0 radical (unpaired) electrons. The third-order valence-electron chi connectivity index (χ3n) is 5.03. The Morgan fingerprint density at radius 1 is 1.21 bits per heavy atom. The minimum atomic E-state index is 0.162. The Balaban J connectivity index is 1.70. The first-order chi connectivity index (χ1) is 13.5. The van der Waals surface area contributed by atoms with E-state index >= 15 is 0 Å². The molecule has 6 heteroatoms. The summed E-state index contributed by atoms with van der Waals surface area (Å²) in [5.41, 5.74) is 2.03. The second-order valence-corrected chi connectivity index (χ2v) is 8.35. The lowest BCUT2D eigenvalue weighted by molar-refractivity contribution is -0.134. The Labute approximate surface area is 169 Å². The molecule has 28 heavy (non-hydrogen) atoms. The van der Waals surface area contributed by atoms with Gasteiger partial charge in [0.25, 0.3) is 0 Å². The number of thioether (sulfide) groups is 1. The Morgan fingerprint density at radius 3 is 2.68 bits per heavy atom. The second kappa shape index (κ2) is 7.87. The predicted molar refractivity (Wildman–Crippen MR) is 114 cm³/mol. The topological polar surface area (TPSA) is 49.6 Å². The Bertz CT molecular complexity index is 981. The van der Waals surface area contributed by atoms with Crippen molar-refractivity contribution in [2.24, 2.45) is 5.92 Å². The Morgan fingerprint density at radius 2 is 2.04 bits per heavy atom. The van der Waals surface area contributed by atoms with E-state index in [2.05, 4.69) is 30.5 Å². The molecule has 4 rings (SSSR count). The molecular weight excluding hydrogens is 370 g/mol. The number of rotatable bonds is 7. The summed E-state index contributed by atoms with van der Waals surface area (Å²) in [6.45, 7) is 1.01. The van der Waals surface area contributed by atoms with Crippen LogP contribution in [0.4, 0.5) is 5.82 Å². The Hall–Kier alpha value is -2.47. The highest BCUT2D eigenvalue weighted by Gasteiger charge is 2.34. The summed E-state index contributed by atoms with van der Waals surface area (Å²) in [6.07, 6.45) is 5.70. The zero-order chi connectivity index (χ0) is 19.7. The molecule has 0 atom stereocenters. The second-order valence-electron chi connectivity index (χ2n) is 7.47. The normalized spacial score (nSPS) is 13.7. The van der Waals surface area contributed by atoms with Crippen LogP contribution in [-0.4, -0.2) is 36.1 Å². The third kappa shape index (κ3) is 4.02. The van der Waals surface area contributed by atoms with Gasteiger partial charge in [0.15, 0.2) is 0 Å². The van der Waals surface area contributed by atoms with Gasteiger partial charge in [0.05, 0.1) is 18.3 Å². The van der Waals surface area contributed by atoms with E-state index in [1.54, 1.807) is 18.0 Å².